The highest BCUT2D eigenvalue weighted by molar-refractivity contribution is 5.94. The highest BCUT2D eigenvalue weighted by Gasteiger charge is 2.15. The Morgan fingerprint density at radius 1 is 1.04 bits per heavy atom. The smallest absolute Gasteiger partial charge is 0.265 e. The number of ether oxygens (including phenoxy) is 2. The first-order chi connectivity index (χ1) is 13.5. The Morgan fingerprint density at radius 3 is 2.29 bits per heavy atom. The number of rotatable bonds is 7. The second-order valence-corrected chi connectivity index (χ2v) is 7.56. The van der Waals surface area contributed by atoms with E-state index in [2.05, 4.69) is 36.2 Å². The molecule has 0 saturated carbocycles. The molecule has 1 aliphatic heterocycles. The molecule has 1 fully saturated rings. The lowest BCUT2D eigenvalue weighted by atomic mass is 10.0. The summed E-state index contributed by atoms with van der Waals surface area (Å²) in [6.45, 7) is 10.5. The van der Waals surface area contributed by atoms with Crippen LogP contribution in [0.5, 0.6) is 5.75 Å². The molecule has 5 nitrogen and oxygen atoms in total. The van der Waals surface area contributed by atoms with Gasteiger partial charge in [-0.1, -0.05) is 38.1 Å². The summed E-state index contributed by atoms with van der Waals surface area (Å²) >= 11 is 0. The summed E-state index contributed by atoms with van der Waals surface area (Å²) in [5, 5.41) is 2.92. The molecule has 1 atom stereocenters. The van der Waals surface area contributed by atoms with Crippen molar-refractivity contribution in [3.63, 3.8) is 0 Å². The number of amides is 1. The monoisotopic (exact) mass is 382 g/mol. The van der Waals surface area contributed by atoms with Crippen LogP contribution in [0.1, 0.15) is 37.8 Å². The van der Waals surface area contributed by atoms with Crippen molar-refractivity contribution in [1.82, 2.24) is 4.90 Å². The molecule has 1 aliphatic rings. The molecule has 0 aliphatic carbocycles. The Bertz CT molecular complexity index is 750. The van der Waals surface area contributed by atoms with Crippen LogP contribution in [0.4, 0.5) is 5.69 Å². The molecule has 1 N–H and O–H groups in total. The van der Waals surface area contributed by atoms with Crippen LogP contribution in [0.2, 0.25) is 0 Å². The molecule has 2 aromatic rings. The van der Waals surface area contributed by atoms with E-state index in [9.17, 15) is 4.79 Å². The number of hydrogen-bond donors (Lipinski definition) is 1. The fourth-order valence-electron chi connectivity index (χ4n) is 3.14. The molecule has 5 heteroatoms. The molecule has 2 aromatic carbocycles. The third-order valence-corrected chi connectivity index (χ3v) is 4.96. The van der Waals surface area contributed by atoms with E-state index in [0.29, 0.717) is 11.7 Å². The minimum atomic E-state index is -0.571. The van der Waals surface area contributed by atoms with Gasteiger partial charge in [-0.15, -0.1) is 0 Å². The molecule has 0 radical (unpaired) electrons. The summed E-state index contributed by atoms with van der Waals surface area (Å²) in [5.41, 5.74) is 3.26. The van der Waals surface area contributed by atoms with Gasteiger partial charge in [0.25, 0.3) is 5.91 Å². The summed E-state index contributed by atoms with van der Waals surface area (Å²) in [6.07, 6.45) is -0.571. The van der Waals surface area contributed by atoms with Crippen LogP contribution >= 0.6 is 0 Å². The SMILES string of the molecule is CC(Oc1ccc(C(C)C)cc1)C(=O)Nc1ccc(CN2CCOCC2)cc1. The van der Waals surface area contributed by atoms with Gasteiger partial charge >= 0.3 is 0 Å². The zero-order chi connectivity index (χ0) is 19.9. The summed E-state index contributed by atoms with van der Waals surface area (Å²) in [6, 6.07) is 15.9. The normalized spacial score (nSPS) is 16.0. The molecule has 0 aromatic heterocycles. The molecule has 3 rings (SSSR count). The van der Waals surface area contributed by atoms with Gasteiger partial charge in [-0.25, -0.2) is 0 Å². The van der Waals surface area contributed by atoms with Gasteiger partial charge in [0.1, 0.15) is 5.75 Å². The number of benzene rings is 2. The quantitative estimate of drug-likeness (QED) is 0.785. The lowest BCUT2D eigenvalue weighted by molar-refractivity contribution is -0.122. The lowest BCUT2D eigenvalue weighted by Gasteiger charge is -2.26. The predicted octanol–water partition coefficient (Wildman–Crippen LogP) is 4.05. The largest absolute Gasteiger partial charge is 0.481 e. The standard InChI is InChI=1S/C23H30N2O3/c1-17(2)20-6-10-22(11-7-20)28-18(3)23(26)24-21-8-4-19(5-9-21)16-25-12-14-27-15-13-25/h4-11,17-18H,12-16H2,1-3H3,(H,24,26). The van der Waals surface area contributed by atoms with Crippen molar-refractivity contribution in [2.75, 3.05) is 31.6 Å². The van der Waals surface area contributed by atoms with Crippen molar-refractivity contribution in [3.8, 4) is 5.75 Å². The van der Waals surface area contributed by atoms with Gasteiger partial charge in [-0.2, -0.15) is 0 Å². The molecule has 1 amide bonds. The maximum absolute atomic E-state index is 12.4. The Balaban J connectivity index is 1.50. The van der Waals surface area contributed by atoms with Crippen LogP contribution in [-0.2, 0) is 16.1 Å². The van der Waals surface area contributed by atoms with Crippen molar-refractivity contribution in [2.45, 2.75) is 39.3 Å². The molecule has 1 saturated heterocycles. The van der Waals surface area contributed by atoms with Crippen LogP contribution in [0.15, 0.2) is 48.5 Å². The van der Waals surface area contributed by atoms with Crippen molar-refractivity contribution in [2.24, 2.45) is 0 Å². The Kier molecular flexibility index (Phi) is 7.06. The van der Waals surface area contributed by atoms with Gasteiger partial charge in [0.05, 0.1) is 13.2 Å². The Hall–Kier alpha value is -2.37. The molecular weight excluding hydrogens is 352 g/mol. The number of carbonyl (C=O) groups excluding carboxylic acids is 1. The molecule has 1 unspecified atom stereocenters. The van der Waals surface area contributed by atoms with Crippen molar-refractivity contribution >= 4 is 11.6 Å². The number of hydrogen-bond acceptors (Lipinski definition) is 4. The predicted molar refractivity (Wildman–Crippen MR) is 112 cm³/mol. The topological polar surface area (TPSA) is 50.8 Å². The van der Waals surface area contributed by atoms with E-state index in [-0.39, 0.29) is 5.91 Å². The number of nitrogens with one attached hydrogen (secondary N) is 1. The van der Waals surface area contributed by atoms with Gasteiger partial charge < -0.3 is 14.8 Å². The summed E-state index contributed by atoms with van der Waals surface area (Å²) in [5.74, 6) is 1.02. The lowest BCUT2D eigenvalue weighted by Crippen LogP contribution is -2.35. The zero-order valence-corrected chi connectivity index (χ0v) is 17.0. The molecule has 0 spiro atoms. The van der Waals surface area contributed by atoms with Gasteiger partial charge in [0.15, 0.2) is 6.10 Å². The average molecular weight is 383 g/mol. The third kappa shape index (κ3) is 5.81. The molecular formula is C23H30N2O3. The molecule has 150 valence electrons. The van der Waals surface area contributed by atoms with Crippen LogP contribution in [0.25, 0.3) is 0 Å². The summed E-state index contributed by atoms with van der Waals surface area (Å²) in [7, 11) is 0. The van der Waals surface area contributed by atoms with Crippen LogP contribution in [-0.4, -0.2) is 43.2 Å². The van der Waals surface area contributed by atoms with Crippen LogP contribution in [0.3, 0.4) is 0 Å². The first kappa shape index (κ1) is 20.4. The van der Waals surface area contributed by atoms with E-state index in [1.807, 2.05) is 36.4 Å². The Morgan fingerprint density at radius 2 is 1.68 bits per heavy atom. The first-order valence-electron chi connectivity index (χ1n) is 9.98. The number of nitrogens with zero attached hydrogens (tertiary/aromatic N) is 1. The van der Waals surface area contributed by atoms with E-state index in [1.54, 1.807) is 6.92 Å². The minimum absolute atomic E-state index is 0.158. The van der Waals surface area contributed by atoms with Crippen molar-refractivity contribution < 1.29 is 14.3 Å². The van der Waals surface area contributed by atoms with Crippen LogP contribution in [0, 0.1) is 0 Å². The van der Waals surface area contributed by atoms with Gasteiger partial charge in [0, 0.05) is 25.3 Å². The van der Waals surface area contributed by atoms with Crippen molar-refractivity contribution in [1.29, 1.82) is 0 Å². The first-order valence-corrected chi connectivity index (χ1v) is 9.98. The zero-order valence-electron chi connectivity index (χ0n) is 17.0. The van der Waals surface area contributed by atoms with E-state index in [1.165, 1.54) is 11.1 Å². The summed E-state index contributed by atoms with van der Waals surface area (Å²) in [4.78, 5) is 14.8. The number of anilines is 1. The van der Waals surface area contributed by atoms with Gasteiger partial charge in [0.2, 0.25) is 0 Å². The highest BCUT2D eigenvalue weighted by Crippen LogP contribution is 2.20. The van der Waals surface area contributed by atoms with Crippen LogP contribution < -0.4 is 10.1 Å². The van der Waals surface area contributed by atoms with E-state index < -0.39 is 6.10 Å². The van der Waals surface area contributed by atoms with E-state index in [0.717, 1.165) is 38.5 Å². The number of morpholine rings is 1. The fraction of sp³-hybridized carbons (Fsp3) is 0.435. The maximum Gasteiger partial charge on any atom is 0.265 e. The second-order valence-electron chi connectivity index (χ2n) is 7.56. The van der Waals surface area contributed by atoms with Crippen molar-refractivity contribution in [3.05, 3.63) is 59.7 Å². The minimum Gasteiger partial charge on any atom is -0.481 e. The maximum atomic E-state index is 12.4. The average Bonchev–Trinajstić information content (AvgIpc) is 2.70. The highest BCUT2D eigenvalue weighted by atomic mass is 16.5. The third-order valence-electron chi connectivity index (χ3n) is 4.96. The Labute approximate surface area is 167 Å². The van der Waals surface area contributed by atoms with Gasteiger partial charge in [-0.05, 0) is 48.2 Å². The molecule has 1 heterocycles. The fourth-order valence-corrected chi connectivity index (χ4v) is 3.14. The second kappa shape index (κ2) is 9.71. The molecule has 0 bridgehead atoms. The number of carbonyl (C=O) groups is 1. The van der Waals surface area contributed by atoms with E-state index >= 15 is 0 Å². The summed E-state index contributed by atoms with van der Waals surface area (Å²) < 4.78 is 11.2. The molecule has 28 heavy (non-hydrogen) atoms. The van der Waals surface area contributed by atoms with E-state index in [4.69, 9.17) is 9.47 Å². The van der Waals surface area contributed by atoms with Gasteiger partial charge in [-0.3, -0.25) is 9.69 Å².